The van der Waals surface area contributed by atoms with Gasteiger partial charge in [0.2, 0.25) is 5.91 Å². The Hall–Kier alpha value is -1.85. The van der Waals surface area contributed by atoms with E-state index < -0.39 is 0 Å². The minimum absolute atomic E-state index is 0.0319. The molecule has 2 amide bonds. The van der Waals surface area contributed by atoms with Gasteiger partial charge in [0.1, 0.15) is 5.69 Å². The first-order valence-corrected chi connectivity index (χ1v) is 10.1. The highest BCUT2D eigenvalue weighted by molar-refractivity contribution is 6.02. The molecular formula is C20H30N4O2. The molecule has 4 saturated carbocycles. The molecular weight excluding hydrogens is 328 g/mol. The van der Waals surface area contributed by atoms with Crippen molar-refractivity contribution in [2.24, 2.45) is 30.2 Å². The molecule has 6 nitrogen and oxygen atoms in total. The van der Waals surface area contributed by atoms with Crippen molar-refractivity contribution < 1.29 is 9.59 Å². The largest absolute Gasteiger partial charge is 0.351 e. The van der Waals surface area contributed by atoms with E-state index >= 15 is 0 Å². The van der Waals surface area contributed by atoms with Gasteiger partial charge in [-0.25, -0.2) is 0 Å². The van der Waals surface area contributed by atoms with Crippen molar-refractivity contribution in [1.29, 1.82) is 0 Å². The lowest BCUT2D eigenvalue weighted by molar-refractivity contribution is -0.124. The van der Waals surface area contributed by atoms with Crippen molar-refractivity contribution in [1.82, 2.24) is 15.1 Å². The highest BCUT2D eigenvalue weighted by atomic mass is 16.2. The molecule has 4 aliphatic rings. The van der Waals surface area contributed by atoms with E-state index in [1.165, 1.54) is 43.2 Å². The van der Waals surface area contributed by atoms with Crippen LogP contribution in [0, 0.1) is 23.2 Å². The van der Waals surface area contributed by atoms with Crippen molar-refractivity contribution in [2.45, 2.75) is 58.3 Å². The van der Waals surface area contributed by atoms with Crippen LogP contribution in [0.4, 0.5) is 5.69 Å². The van der Waals surface area contributed by atoms with Crippen molar-refractivity contribution in [2.75, 3.05) is 11.9 Å². The van der Waals surface area contributed by atoms with Crippen LogP contribution in [0.1, 0.15) is 68.8 Å². The van der Waals surface area contributed by atoms with E-state index in [0.717, 1.165) is 24.2 Å². The Bertz CT molecular complexity index is 673. The Morgan fingerprint density at radius 1 is 1.19 bits per heavy atom. The van der Waals surface area contributed by atoms with Crippen LogP contribution in [0.5, 0.6) is 0 Å². The predicted molar refractivity (Wildman–Crippen MR) is 99.7 cm³/mol. The van der Waals surface area contributed by atoms with Gasteiger partial charge in [-0.15, -0.1) is 0 Å². The third-order valence-electron chi connectivity index (χ3n) is 6.66. The second kappa shape index (κ2) is 6.71. The fourth-order valence-electron chi connectivity index (χ4n) is 6.16. The number of hydrogen-bond acceptors (Lipinski definition) is 3. The lowest BCUT2D eigenvalue weighted by Crippen LogP contribution is -2.47. The first kappa shape index (κ1) is 17.6. The summed E-state index contributed by atoms with van der Waals surface area (Å²) in [6.45, 7) is 2.63. The van der Waals surface area contributed by atoms with Crippen LogP contribution in [-0.2, 0) is 11.8 Å². The van der Waals surface area contributed by atoms with Gasteiger partial charge >= 0.3 is 0 Å². The molecule has 0 aliphatic heterocycles. The molecule has 0 saturated heterocycles. The van der Waals surface area contributed by atoms with Crippen LogP contribution in [0.15, 0.2) is 6.20 Å². The molecule has 4 bridgehead atoms. The van der Waals surface area contributed by atoms with E-state index in [1.54, 1.807) is 13.2 Å². The van der Waals surface area contributed by atoms with Crippen molar-refractivity contribution in [3.63, 3.8) is 0 Å². The smallest absolute Gasteiger partial charge is 0.271 e. The molecule has 142 valence electrons. The molecule has 4 fully saturated rings. The quantitative estimate of drug-likeness (QED) is 0.820. The minimum atomic E-state index is -0.183. The third-order valence-corrected chi connectivity index (χ3v) is 6.66. The molecule has 0 unspecified atom stereocenters. The minimum Gasteiger partial charge on any atom is -0.351 e. The van der Waals surface area contributed by atoms with E-state index in [1.807, 2.05) is 6.92 Å². The van der Waals surface area contributed by atoms with Gasteiger partial charge in [-0.2, -0.15) is 5.10 Å². The number of anilines is 1. The Morgan fingerprint density at radius 3 is 2.38 bits per heavy atom. The summed E-state index contributed by atoms with van der Waals surface area (Å²) in [5.41, 5.74) is 1.15. The second-order valence-corrected chi connectivity index (χ2v) is 8.93. The van der Waals surface area contributed by atoms with Gasteiger partial charge in [-0.3, -0.25) is 14.3 Å². The van der Waals surface area contributed by atoms with Crippen molar-refractivity contribution >= 4 is 17.5 Å². The van der Waals surface area contributed by atoms with Crippen LogP contribution in [0.3, 0.4) is 0 Å². The van der Waals surface area contributed by atoms with Crippen LogP contribution >= 0.6 is 0 Å². The Morgan fingerprint density at radius 2 is 1.81 bits per heavy atom. The summed E-state index contributed by atoms with van der Waals surface area (Å²) in [5, 5.41) is 10.0. The normalized spacial score (nSPS) is 31.8. The number of aryl methyl sites for hydroxylation is 1. The molecule has 1 aromatic rings. The summed E-state index contributed by atoms with van der Waals surface area (Å²) in [4.78, 5) is 25.2. The summed E-state index contributed by atoms with van der Waals surface area (Å²) in [6, 6.07) is 0. The monoisotopic (exact) mass is 358 g/mol. The zero-order chi connectivity index (χ0) is 18.3. The zero-order valence-corrected chi connectivity index (χ0v) is 15.9. The zero-order valence-electron chi connectivity index (χ0n) is 15.9. The van der Waals surface area contributed by atoms with E-state index in [0.29, 0.717) is 24.3 Å². The van der Waals surface area contributed by atoms with E-state index in [2.05, 4.69) is 15.7 Å². The average Bonchev–Trinajstić information content (AvgIpc) is 2.91. The topological polar surface area (TPSA) is 76.0 Å². The molecule has 2 N–H and O–H groups in total. The third kappa shape index (κ3) is 3.26. The van der Waals surface area contributed by atoms with Crippen LogP contribution in [0.2, 0.25) is 0 Å². The maximum atomic E-state index is 12.8. The number of aromatic nitrogens is 2. The number of nitrogens with zero attached hydrogens (tertiary/aromatic N) is 2. The Balaban J connectivity index is 1.44. The molecule has 1 aromatic heterocycles. The van der Waals surface area contributed by atoms with Crippen LogP contribution < -0.4 is 10.6 Å². The van der Waals surface area contributed by atoms with Gasteiger partial charge in [0.25, 0.3) is 5.91 Å². The molecule has 26 heavy (non-hydrogen) atoms. The van der Waals surface area contributed by atoms with Crippen molar-refractivity contribution in [3.05, 3.63) is 11.9 Å². The standard InChI is InChI=1S/C20H30N4O2/c1-3-4-21-19(26)18-16(12-22-24(18)2)23-17(25)11-20-8-13-5-14(9-20)7-15(6-13)10-20/h12-15H,3-11H2,1-2H3,(H,21,26)(H,23,25). The molecule has 0 radical (unpaired) electrons. The van der Waals surface area contributed by atoms with Crippen LogP contribution in [0.25, 0.3) is 0 Å². The summed E-state index contributed by atoms with van der Waals surface area (Å²) in [5.74, 6) is 2.36. The summed E-state index contributed by atoms with van der Waals surface area (Å²) in [6.07, 6.45) is 10.8. The van der Waals surface area contributed by atoms with Crippen LogP contribution in [-0.4, -0.2) is 28.1 Å². The SMILES string of the molecule is CCCNC(=O)c1c(NC(=O)CC23CC4CC(CC(C4)C2)C3)cnn1C. The maximum Gasteiger partial charge on any atom is 0.271 e. The summed E-state index contributed by atoms with van der Waals surface area (Å²) in [7, 11) is 1.73. The first-order valence-electron chi connectivity index (χ1n) is 10.1. The fourth-order valence-corrected chi connectivity index (χ4v) is 6.16. The summed E-state index contributed by atoms with van der Waals surface area (Å²) >= 11 is 0. The van der Waals surface area contributed by atoms with Crippen molar-refractivity contribution in [3.8, 4) is 0 Å². The lowest BCUT2D eigenvalue weighted by atomic mass is 9.49. The Labute approximate surface area is 155 Å². The summed E-state index contributed by atoms with van der Waals surface area (Å²) < 4.78 is 1.53. The predicted octanol–water partition coefficient (Wildman–Crippen LogP) is 3.10. The second-order valence-electron chi connectivity index (χ2n) is 8.93. The average molecular weight is 358 g/mol. The molecule has 5 rings (SSSR count). The van der Waals surface area contributed by atoms with Gasteiger partial charge in [0.05, 0.1) is 11.9 Å². The highest BCUT2D eigenvalue weighted by Crippen LogP contribution is 2.61. The van der Waals surface area contributed by atoms with Gasteiger partial charge in [-0.05, 0) is 68.1 Å². The molecule has 6 heteroatoms. The molecule has 0 atom stereocenters. The number of amides is 2. The maximum absolute atomic E-state index is 12.8. The number of hydrogen-bond donors (Lipinski definition) is 2. The number of carbonyl (C=O) groups excluding carboxylic acids is 2. The lowest BCUT2D eigenvalue weighted by Gasteiger charge is -2.56. The van der Waals surface area contributed by atoms with E-state index in [9.17, 15) is 9.59 Å². The first-order chi connectivity index (χ1) is 12.5. The fraction of sp³-hybridized carbons (Fsp3) is 0.750. The van der Waals surface area contributed by atoms with Gasteiger partial charge in [-0.1, -0.05) is 6.92 Å². The van der Waals surface area contributed by atoms with E-state index in [-0.39, 0.29) is 17.2 Å². The number of rotatable bonds is 6. The van der Waals surface area contributed by atoms with Gasteiger partial charge in [0, 0.05) is 20.0 Å². The molecule has 1 heterocycles. The Kier molecular flexibility index (Phi) is 4.53. The molecule has 0 aromatic carbocycles. The number of nitrogens with one attached hydrogen (secondary N) is 2. The van der Waals surface area contributed by atoms with E-state index in [4.69, 9.17) is 0 Å². The highest BCUT2D eigenvalue weighted by Gasteiger charge is 2.51. The van der Waals surface area contributed by atoms with Gasteiger partial charge in [0.15, 0.2) is 0 Å². The number of carbonyl (C=O) groups is 2. The molecule has 0 spiro atoms. The van der Waals surface area contributed by atoms with Gasteiger partial charge < -0.3 is 10.6 Å². The molecule has 4 aliphatic carbocycles.